The van der Waals surface area contributed by atoms with Gasteiger partial charge >= 0.3 is 6.18 Å². The number of hydrogen-bond acceptors (Lipinski definition) is 4. The summed E-state index contributed by atoms with van der Waals surface area (Å²) >= 11 is 6.44. The average Bonchev–Trinajstić information content (AvgIpc) is 3.35. The van der Waals surface area contributed by atoms with Crippen LogP contribution in [0.2, 0.25) is 5.02 Å². The number of fused-ring (bicyclic) bond motifs is 3. The smallest absolute Gasteiger partial charge is 0.376 e. The Kier molecular flexibility index (Phi) is 6.37. The topological polar surface area (TPSA) is 44.8 Å². The number of hydrogen-bond donors (Lipinski definition) is 1. The molecular weight excluding hydrogens is 467 g/mol. The van der Waals surface area contributed by atoms with Gasteiger partial charge in [0.05, 0.1) is 34.3 Å². The molecule has 3 heterocycles. The standard InChI is InChI=1S/C25H27ClF3N3O2/c26-20-5-1-2-6-22(20)31-9-10-32-21-8-7-17(25(27,28)29)12-16(21)13-19(23(32)15-31)24(33)30-14-18-4-3-11-34-18/h1-2,5-8,12,18-19,23H,3-4,9-11,13-15H2,(H,30,33)/t18-,19-,23-/m0/s1. The van der Waals surface area contributed by atoms with Gasteiger partial charge in [0.15, 0.2) is 0 Å². The molecule has 0 aliphatic carbocycles. The Labute approximate surface area is 201 Å². The average molecular weight is 494 g/mol. The number of carbonyl (C=O) groups excluding carboxylic acids is 1. The van der Waals surface area contributed by atoms with E-state index in [1.807, 2.05) is 24.3 Å². The van der Waals surface area contributed by atoms with Gasteiger partial charge in [-0.15, -0.1) is 0 Å². The molecule has 9 heteroatoms. The van der Waals surface area contributed by atoms with Gasteiger partial charge in [-0.05, 0) is 55.2 Å². The fourth-order valence-corrected chi connectivity index (χ4v) is 5.63. The Morgan fingerprint density at radius 2 is 1.97 bits per heavy atom. The van der Waals surface area contributed by atoms with Gasteiger partial charge in [-0.3, -0.25) is 4.79 Å². The molecule has 1 N–H and O–H groups in total. The molecule has 3 aliphatic rings. The van der Waals surface area contributed by atoms with Crippen LogP contribution in [0.1, 0.15) is 24.0 Å². The number of anilines is 2. The number of amides is 1. The van der Waals surface area contributed by atoms with Gasteiger partial charge in [-0.25, -0.2) is 0 Å². The minimum Gasteiger partial charge on any atom is -0.376 e. The van der Waals surface area contributed by atoms with Crippen molar-refractivity contribution in [2.45, 2.75) is 37.6 Å². The summed E-state index contributed by atoms with van der Waals surface area (Å²) in [5.41, 5.74) is 1.56. The maximum absolute atomic E-state index is 13.4. The number of piperazine rings is 1. The molecule has 5 rings (SSSR count). The summed E-state index contributed by atoms with van der Waals surface area (Å²) < 4.78 is 45.8. The number of alkyl halides is 3. The predicted octanol–water partition coefficient (Wildman–Crippen LogP) is 4.52. The first-order chi connectivity index (χ1) is 16.3. The second-order valence-electron chi connectivity index (χ2n) is 9.19. The number of benzene rings is 2. The van der Waals surface area contributed by atoms with E-state index in [0.717, 1.165) is 30.3 Å². The number of nitrogens with zero attached hydrogens (tertiary/aromatic N) is 2. The Morgan fingerprint density at radius 1 is 1.15 bits per heavy atom. The van der Waals surface area contributed by atoms with E-state index < -0.39 is 17.7 Å². The lowest BCUT2D eigenvalue weighted by Crippen LogP contribution is -2.61. The second-order valence-corrected chi connectivity index (χ2v) is 9.60. The van der Waals surface area contributed by atoms with Crippen molar-refractivity contribution in [3.8, 4) is 0 Å². The lowest BCUT2D eigenvalue weighted by Gasteiger charge is -2.50. The van der Waals surface area contributed by atoms with Crippen molar-refractivity contribution in [3.05, 3.63) is 58.6 Å². The molecular formula is C25H27ClF3N3O2. The molecule has 0 saturated carbocycles. The normalized spacial score (nSPS) is 24.5. The van der Waals surface area contributed by atoms with E-state index in [9.17, 15) is 18.0 Å². The number of ether oxygens (including phenoxy) is 1. The lowest BCUT2D eigenvalue weighted by atomic mass is 9.82. The Balaban J connectivity index is 1.44. The predicted molar refractivity (Wildman–Crippen MR) is 125 cm³/mol. The Bertz CT molecular complexity index is 1060. The molecule has 182 valence electrons. The summed E-state index contributed by atoms with van der Waals surface area (Å²) in [6.07, 6.45) is -2.29. The molecule has 34 heavy (non-hydrogen) atoms. The first kappa shape index (κ1) is 23.3. The van der Waals surface area contributed by atoms with E-state index in [4.69, 9.17) is 16.3 Å². The fourth-order valence-electron chi connectivity index (χ4n) is 5.38. The van der Waals surface area contributed by atoms with Gasteiger partial charge in [0.1, 0.15) is 0 Å². The molecule has 0 spiro atoms. The molecule has 5 nitrogen and oxygen atoms in total. The first-order valence-corrected chi connectivity index (χ1v) is 12.0. The molecule has 0 radical (unpaired) electrons. The molecule has 1 amide bonds. The van der Waals surface area contributed by atoms with Crippen molar-refractivity contribution in [2.24, 2.45) is 5.92 Å². The van der Waals surface area contributed by atoms with E-state index in [1.54, 1.807) is 6.07 Å². The van der Waals surface area contributed by atoms with Gasteiger partial charge in [0, 0.05) is 38.5 Å². The maximum atomic E-state index is 13.4. The van der Waals surface area contributed by atoms with E-state index in [-0.39, 0.29) is 24.5 Å². The van der Waals surface area contributed by atoms with E-state index in [0.29, 0.717) is 43.4 Å². The number of halogens is 4. The summed E-state index contributed by atoms with van der Waals surface area (Å²) in [4.78, 5) is 17.6. The quantitative estimate of drug-likeness (QED) is 0.680. The van der Waals surface area contributed by atoms with Crippen LogP contribution in [-0.4, -0.2) is 50.8 Å². The lowest BCUT2D eigenvalue weighted by molar-refractivity contribution is -0.137. The zero-order valence-corrected chi connectivity index (χ0v) is 19.4. The summed E-state index contributed by atoms with van der Waals surface area (Å²) in [6, 6.07) is 11.3. The third-order valence-corrected chi connectivity index (χ3v) is 7.42. The van der Waals surface area contributed by atoms with Crippen LogP contribution in [-0.2, 0) is 22.1 Å². The van der Waals surface area contributed by atoms with Gasteiger partial charge in [-0.1, -0.05) is 23.7 Å². The summed E-state index contributed by atoms with van der Waals surface area (Å²) in [7, 11) is 0. The zero-order valence-electron chi connectivity index (χ0n) is 18.7. The van der Waals surface area contributed by atoms with Crippen molar-refractivity contribution in [2.75, 3.05) is 42.6 Å². The highest BCUT2D eigenvalue weighted by Gasteiger charge is 2.43. The summed E-state index contributed by atoms with van der Waals surface area (Å²) in [6.45, 7) is 2.92. The highest BCUT2D eigenvalue weighted by molar-refractivity contribution is 6.33. The van der Waals surface area contributed by atoms with Gasteiger partial charge < -0.3 is 19.9 Å². The van der Waals surface area contributed by atoms with E-state index in [1.165, 1.54) is 6.07 Å². The second kappa shape index (κ2) is 9.30. The van der Waals surface area contributed by atoms with Crippen molar-refractivity contribution >= 4 is 28.9 Å². The highest BCUT2D eigenvalue weighted by Crippen LogP contribution is 2.41. The number of para-hydroxylation sites is 1. The molecule has 0 bridgehead atoms. The minimum atomic E-state index is -4.42. The van der Waals surface area contributed by atoms with Gasteiger partial charge in [0.25, 0.3) is 0 Å². The molecule has 2 saturated heterocycles. The van der Waals surface area contributed by atoms with Crippen LogP contribution in [0.15, 0.2) is 42.5 Å². The Morgan fingerprint density at radius 3 is 2.71 bits per heavy atom. The molecule has 3 aliphatic heterocycles. The first-order valence-electron chi connectivity index (χ1n) is 11.7. The highest BCUT2D eigenvalue weighted by atomic mass is 35.5. The number of nitrogens with one attached hydrogen (secondary N) is 1. The van der Waals surface area contributed by atoms with Crippen LogP contribution < -0.4 is 15.1 Å². The van der Waals surface area contributed by atoms with Gasteiger partial charge in [0.2, 0.25) is 5.91 Å². The number of rotatable bonds is 4. The largest absolute Gasteiger partial charge is 0.416 e. The van der Waals surface area contributed by atoms with Crippen molar-refractivity contribution in [3.63, 3.8) is 0 Å². The SMILES string of the molecule is O=C(NC[C@@H]1CCCO1)[C@H]1Cc2cc(C(F)(F)F)ccc2N2CCN(c3ccccc3Cl)C[C@@H]12. The van der Waals surface area contributed by atoms with Crippen molar-refractivity contribution in [1.82, 2.24) is 5.32 Å². The third kappa shape index (κ3) is 4.58. The number of carbonyl (C=O) groups is 1. The van der Waals surface area contributed by atoms with Crippen LogP contribution in [0, 0.1) is 5.92 Å². The monoisotopic (exact) mass is 493 g/mol. The molecule has 2 aromatic carbocycles. The summed E-state index contributed by atoms with van der Waals surface area (Å²) in [5.74, 6) is -0.628. The molecule has 0 aromatic heterocycles. The van der Waals surface area contributed by atoms with E-state index >= 15 is 0 Å². The van der Waals surface area contributed by atoms with Crippen molar-refractivity contribution in [1.29, 1.82) is 0 Å². The Hall–Kier alpha value is -2.45. The van der Waals surface area contributed by atoms with Gasteiger partial charge in [-0.2, -0.15) is 13.2 Å². The third-order valence-electron chi connectivity index (χ3n) is 7.10. The van der Waals surface area contributed by atoms with E-state index in [2.05, 4.69) is 15.1 Å². The van der Waals surface area contributed by atoms with Crippen molar-refractivity contribution < 1.29 is 22.7 Å². The minimum absolute atomic E-state index is 0.00117. The maximum Gasteiger partial charge on any atom is 0.416 e. The summed E-state index contributed by atoms with van der Waals surface area (Å²) in [5, 5.41) is 3.65. The van der Waals surface area contributed by atoms with Crippen LogP contribution in [0.3, 0.4) is 0 Å². The van der Waals surface area contributed by atoms with Crippen LogP contribution in [0.4, 0.5) is 24.5 Å². The molecule has 2 aromatic rings. The van der Waals surface area contributed by atoms with Crippen LogP contribution in [0.5, 0.6) is 0 Å². The molecule has 0 unspecified atom stereocenters. The molecule has 2 fully saturated rings. The van der Waals surface area contributed by atoms with Crippen LogP contribution >= 0.6 is 11.6 Å². The molecule has 3 atom stereocenters. The zero-order chi connectivity index (χ0) is 23.9. The van der Waals surface area contributed by atoms with Crippen LogP contribution in [0.25, 0.3) is 0 Å². The fraction of sp³-hybridized carbons (Fsp3) is 0.480.